The van der Waals surface area contributed by atoms with Gasteiger partial charge in [-0.15, -0.1) is 0 Å². The van der Waals surface area contributed by atoms with Crippen molar-refractivity contribution in [1.29, 1.82) is 0 Å². The van der Waals surface area contributed by atoms with E-state index in [1.807, 2.05) is 26.0 Å². The van der Waals surface area contributed by atoms with Crippen LogP contribution in [0.5, 0.6) is 0 Å². The van der Waals surface area contributed by atoms with Crippen molar-refractivity contribution >= 4 is 11.6 Å². The number of rotatable bonds is 3. The predicted molar refractivity (Wildman–Crippen MR) is 79.3 cm³/mol. The van der Waals surface area contributed by atoms with E-state index in [1.54, 1.807) is 0 Å². The Morgan fingerprint density at radius 1 is 1.42 bits per heavy atom. The average molecular weight is 261 g/mol. The van der Waals surface area contributed by atoms with Crippen molar-refractivity contribution in [2.75, 3.05) is 5.32 Å². The number of aryl methyl sites for hydroxylation is 1. The molecule has 4 N–H and O–H groups in total. The van der Waals surface area contributed by atoms with Crippen LogP contribution in [0.3, 0.4) is 0 Å². The molecule has 1 aromatic rings. The summed E-state index contributed by atoms with van der Waals surface area (Å²) in [5.41, 5.74) is 7.96. The summed E-state index contributed by atoms with van der Waals surface area (Å²) in [6.45, 7) is 6.15. The summed E-state index contributed by atoms with van der Waals surface area (Å²) in [5.74, 6) is 0.411. The first-order valence-corrected chi connectivity index (χ1v) is 6.80. The third kappa shape index (κ3) is 2.89. The molecule has 0 saturated heterocycles. The highest BCUT2D eigenvalue weighted by Crippen LogP contribution is 2.42. The molecule has 0 amide bonds. The van der Waals surface area contributed by atoms with E-state index in [0.717, 1.165) is 12.1 Å². The fraction of sp³-hybridized carbons (Fsp3) is 0.533. The molecule has 19 heavy (non-hydrogen) atoms. The maximum absolute atomic E-state index is 9.68. The van der Waals surface area contributed by atoms with E-state index in [0.29, 0.717) is 12.4 Å². The largest absolute Gasteiger partial charge is 0.392 e. The molecule has 4 heteroatoms. The first-order chi connectivity index (χ1) is 8.93. The van der Waals surface area contributed by atoms with Crippen LogP contribution in [0.15, 0.2) is 29.3 Å². The standard InChI is InChI=1S/C15H23N3O/c1-4-10-5-7-11(8-6-10)17-14(16)18-12-9-13(19)15(12,2)3/h5-8,12-13,19H,4,9H2,1-3H3,(H3,16,17,18). The van der Waals surface area contributed by atoms with Gasteiger partial charge in [0, 0.05) is 11.1 Å². The molecule has 4 nitrogen and oxygen atoms in total. The maximum atomic E-state index is 9.68. The van der Waals surface area contributed by atoms with Gasteiger partial charge in [0.15, 0.2) is 5.96 Å². The van der Waals surface area contributed by atoms with Crippen molar-refractivity contribution in [1.82, 2.24) is 0 Å². The quantitative estimate of drug-likeness (QED) is 0.576. The number of nitrogens with one attached hydrogen (secondary N) is 1. The summed E-state index contributed by atoms with van der Waals surface area (Å²) in [6, 6.07) is 8.24. The number of hydrogen-bond acceptors (Lipinski definition) is 2. The number of benzene rings is 1. The van der Waals surface area contributed by atoms with Crippen LogP contribution in [-0.2, 0) is 6.42 Å². The van der Waals surface area contributed by atoms with Crippen molar-refractivity contribution in [2.24, 2.45) is 16.1 Å². The highest BCUT2D eigenvalue weighted by molar-refractivity contribution is 5.92. The second-order valence-corrected chi connectivity index (χ2v) is 5.78. The molecule has 2 atom stereocenters. The normalized spacial score (nSPS) is 25.8. The minimum absolute atomic E-state index is 0.0879. The number of nitrogens with two attached hydrogens (primary N) is 1. The van der Waals surface area contributed by atoms with Crippen LogP contribution in [0, 0.1) is 5.41 Å². The Kier molecular flexibility index (Phi) is 3.80. The SMILES string of the molecule is CCc1ccc(NC(N)=NC2CC(O)C2(C)C)cc1. The van der Waals surface area contributed by atoms with Crippen LogP contribution >= 0.6 is 0 Å². The van der Waals surface area contributed by atoms with Crippen molar-refractivity contribution in [3.8, 4) is 0 Å². The average Bonchev–Trinajstić information content (AvgIpc) is 2.39. The number of anilines is 1. The third-order valence-corrected chi connectivity index (χ3v) is 4.09. The lowest BCUT2D eigenvalue weighted by Crippen LogP contribution is -2.53. The highest BCUT2D eigenvalue weighted by Gasteiger charge is 2.47. The van der Waals surface area contributed by atoms with Crippen LogP contribution in [0.2, 0.25) is 0 Å². The Balaban J connectivity index is 1.99. The summed E-state index contributed by atoms with van der Waals surface area (Å²) >= 11 is 0. The minimum atomic E-state index is -0.280. The second-order valence-electron chi connectivity index (χ2n) is 5.78. The van der Waals surface area contributed by atoms with E-state index >= 15 is 0 Å². The van der Waals surface area contributed by atoms with Crippen LogP contribution in [0.4, 0.5) is 5.69 Å². The lowest BCUT2D eigenvalue weighted by molar-refractivity contribution is -0.0576. The van der Waals surface area contributed by atoms with Crippen molar-refractivity contribution in [3.05, 3.63) is 29.8 Å². The Hall–Kier alpha value is -1.55. The molecule has 0 bridgehead atoms. The van der Waals surface area contributed by atoms with Crippen LogP contribution in [-0.4, -0.2) is 23.2 Å². The zero-order chi connectivity index (χ0) is 14.0. The molecule has 0 aliphatic heterocycles. The lowest BCUT2D eigenvalue weighted by atomic mass is 9.65. The molecule has 0 heterocycles. The minimum Gasteiger partial charge on any atom is -0.392 e. The molecule has 0 spiro atoms. The lowest BCUT2D eigenvalue weighted by Gasteiger charge is -2.46. The third-order valence-electron chi connectivity index (χ3n) is 4.09. The summed E-state index contributed by atoms with van der Waals surface area (Å²) < 4.78 is 0. The van der Waals surface area contributed by atoms with E-state index in [2.05, 4.69) is 29.4 Å². The van der Waals surface area contributed by atoms with Crippen molar-refractivity contribution in [3.63, 3.8) is 0 Å². The van der Waals surface area contributed by atoms with E-state index in [1.165, 1.54) is 5.56 Å². The number of nitrogens with zero attached hydrogens (tertiary/aromatic N) is 1. The van der Waals surface area contributed by atoms with Gasteiger partial charge in [0.1, 0.15) is 0 Å². The molecular formula is C15H23N3O. The van der Waals surface area contributed by atoms with E-state index < -0.39 is 0 Å². The van der Waals surface area contributed by atoms with Crippen LogP contribution in [0.25, 0.3) is 0 Å². The van der Waals surface area contributed by atoms with Gasteiger partial charge in [-0.3, -0.25) is 0 Å². The Labute approximate surface area is 114 Å². The predicted octanol–water partition coefficient (Wildman–Crippen LogP) is 2.13. The number of aliphatic hydroxyl groups excluding tert-OH is 1. The summed E-state index contributed by atoms with van der Waals surface area (Å²) in [4.78, 5) is 4.45. The Bertz CT molecular complexity index is 465. The number of aliphatic imine (C=N–C) groups is 1. The molecule has 0 radical (unpaired) electrons. The molecule has 2 unspecified atom stereocenters. The molecule has 0 aromatic heterocycles. The number of hydrogen-bond donors (Lipinski definition) is 3. The van der Waals surface area contributed by atoms with Gasteiger partial charge in [-0.05, 0) is 30.5 Å². The summed E-state index contributed by atoms with van der Waals surface area (Å²) in [5, 5.41) is 12.8. The van der Waals surface area contributed by atoms with Gasteiger partial charge in [-0.25, -0.2) is 4.99 Å². The molecule has 104 valence electrons. The van der Waals surface area contributed by atoms with Crippen molar-refractivity contribution in [2.45, 2.75) is 45.8 Å². The van der Waals surface area contributed by atoms with Gasteiger partial charge < -0.3 is 16.2 Å². The van der Waals surface area contributed by atoms with Gasteiger partial charge >= 0.3 is 0 Å². The zero-order valence-corrected chi connectivity index (χ0v) is 11.9. The first-order valence-electron chi connectivity index (χ1n) is 6.80. The van der Waals surface area contributed by atoms with E-state index in [4.69, 9.17) is 5.73 Å². The highest BCUT2D eigenvalue weighted by atomic mass is 16.3. The van der Waals surface area contributed by atoms with Crippen molar-refractivity contribution < 1.29 is 5.11 Å². The van der Waals surface area contributed by atoms with Crippen LogP contribution < -0.4 is 11.1 Å². The van der Waals surface area contributed by atoms with Gasteiger partial charge in [0.2, 0.25) is 0 Å². The van der Waals surface area contributed by atoms with Gasteiger partial charge in [-0.2, -0.15) is 0 Å². The fourth-order valence-electron chi connectivity index (χ4n) is 2.27. The maximum Gasteiger partial charge on any atom is 0.193 e. The van der Waals surface area contributed by atoms with Crippen LogP contribution in [0.1, 0.15) is 32.8 Å². The monoisotopic (exact) mass is 261 g/mol. The molecule has 1 aromatic carbocycles. The second kappa shape index (κ2) is 5.21. The van der Waals surface area contributed by atoms with Gasteiger partial charge in [0.05, 0.1) is 12.1 Å². The smallest absolute Gasteiger partial charge is 0.193 e. The van der Waals surface area contributed by atoms with Gasteiger partial charge in [-0.1, -0.05) is 32.9 Å². The molecule has 2 rings (SSSR count). The topological polar surface area (TPSA) is 70.6 Å². The van der Waals surface area contributed by atoms with Gasteiger partial charge in [0.25, 0.3) is 0 Å². The summed E-state index contributed by atoms with van der Waals surface area (Å²) in [6.07, 6.45) is 1.43. The molecule has 1 fully saturated rings. The number of guanidine groups is 1. The molecule has 1 aliphatic rings. The molecule has 1 aliphatic carbocycles. The van der Waals surface area contributed by atoms with E-state index in [9.17, 15) is 5.11 Å². The zero-order valence-electron chi connectivity index (χ0n) is 11.9. The van der Waals surface area contributed by atoms with E-state index in [-0.39, 0.29) is 17.6 Å². The fourth-order valence-corrected chi connectivity index (χ4v) is 2.27. The summed E-state index contributed by atoms with van der Waals surface area (Å²) in [7, 11) is 0. The molecule has 1 saturated carbocycles. The molecular weight excluding hydrogens is 238 g/mol. The number of aliphatic hydroxyl groups is 1. The Morgan fingerprint density at radius 2 is 2.05 bits per heavy atom. The first kappa shape index (κ1) is 13.9. The Morgan fingerprint density at radius 3 is 2.53 bits per heavy atom.